The molecule has 80 valence electrons. The van der Waals surface area contributed by atoms with Gasteiger partial charge in [0.2, 0.25) is 0 Å². The lowest BCUT2D eigenvalue weighted by Gasteiger charge is -2.11. The molecule has 0 saturated carbocycles. The Morgan fingerprint density at radius 1 is 1.53 bits per heavy atom. The first-order valence-corrected chi connectivity index (χ1v) is 5.03. The predicted molar refractivity (Wildman–Crippen MR) is 59.2 cm³/mol. The van der Waals surface area contributed by atoms with Crippen molar-refractivity contribution in [1.29, 1.82) is 0 Å². The Kier molecular flexibility index (Phi) is 2.39. The van der Waals surface area contributed by atoms with E-state index in [1.165, 1.54) is 12.7 Å². The molecule has 0 saturated heterocycles. The van der Waals surface area contributed by atoms with Gasteiger partial charge in [-0.3, -0.25) is 4.79 Å². The summed E-state index contributed by atoms with van der Waals surface area (Å²) in [6.45, 7) is 2.77. The summed E-state index contributed by atoms with van der Waals surface area (Å²) in [5, 5.41) is 0. The number of nitrogens with zero attached hydrogens (tertiary/aromatic N) is 1. The number of esters is 1. The minimum Gasteiger partial charge on any atom is -0.468 e. The fourth-order valence-corrected chi connectivity index (χ4v) is 2.09. The van der Waals surface area contributed by atoms with E-state index in [0.717, 1.165) is 11.3 Å². The van der Waals surface area contributed by atoms with Crippen LogP contribution >= 0.6 is 0 Å². The average Bonchev–Trinajstić information content (AvgIpc) is 2.55. The Labute approximate surface area is 89.7 Å². The molecule has 15 heavy (non-hydrogen) atoms. The quantitative estimate of drug-likeness (QED) is 0.653. The Morgan fingerprint density at radius 2 is 2.27 bits per heavy atom. The van der Waals surface area contributed by atoms with Crippen LogP contribution in [0.1, 0.15) is 17.0 Å². The number of anilines is 1. The molecule has 0 radical (unpaired) electrons. The Hall–Kier alpha value is -1.51. The SMILES string of the molecule is COC(=O)C1CN(C)c2cc(C)ccc21. The molecule has 1 atom stereocenters. The first kappa shape index (κ1) is 10.0. The number of benzene rings is 1. The smallest absolute Gasteiger partial charge is 0.315 e. The number of rotatable bonds is 1. The van der Waals surface area contributed by atoms with Crippen LogP contribution in [-0.2, 0) is 9.53 Å². The zero-order valence-corrected chi connectivity index (χ0v) is 9.28. The molecule has 0 N–H and O–H groups in total. The van der Waals surface area contributed by atoms with E-state index < -0.39 is 0 Å². The first-order chi connectivity index (χ1) is 7.13. The number of fused-ring (bicyclic) bond motifs is 1. The summed E-state index contributed by atoms with van der Waals surface area (Å²) in [5.41, 5.74) is 3.44. The van der Waals surface area contributed by atoms with Crippen molar-refractivity contribution in [3.63, 3.8) is 0 Å². The second kappa shape index (κ2) is 3.57. The predicted octanol–water partition coefficient (Wildman–Crippen LogP) is 1.70. The average molecular weight is 205 g/mol. The number of aryl methyl sites for hydroxylation is 1. The normalized spacial score (nSPS) is 18.9. The van der Waals surface area contributed by atoms with Gasteiger partial charge in [0.05, 0.1) is 7.11 Å². The van der Waals surface area contributed by atoms with Crippen LogP contribution in [0.4, 0.5) is 5.69 Å². The fraction of sp³-hybridized carbons (Fsp3) is 0.417. The second-order valence-corrected chi connectivity index (χ2v) is 4.02. The molecule has 3 nitrogen and oxygen atoms in total. The van der Waals surface area contributed by atoms with Crippen molar-refractivity contribution in [2.45, 2.75) is 12.8 Å². The van der Waals surface area contributed by atoms with Gasteiger partial charge in [0, 0.05) is 19.3 Å². The van der Waals surface area contributed by atoms with Gasteiger partial charge >= 0.3 is 5.97 Å². The molecular formula is C12H15NO2. The first-order valence-electron chi connectivity index (χ1n) is 5.03. The summed E-state index contributed by atoms with van der Waals surface area (Å²) < 4.78 is 4.80. The lowest BCUT2D eigenvalue weighted by atomic mass is 10.0. The Balaban J connectivity index is 2.42. The molecule has 0 aromatic heterocycles. The third-order valence-corrected chi connectivity index (χ3v) is 2.91. The number of hydrogen-bond acceptors (Lipinski definition) is 3. The van der Waals surface area contributed by atoms with Crippen molar-refractivity contribution in [2.24, 2.45) is 0 Å². The van der Waals surface area contributed by atoms with Crippen molar-refractivity contribution < 1.29 is 9.53 Å². The summed E-state index contributed by atoms with van der Waals surface area (Å²) in [6, 6.07) is 6.17. The van der Waals surface area contributed by atoms with E-state index in [4.69, 9.17) is 4.74 Å². The molecule has 1 aliphatic rings. The standard InChI is InChI=1S/C12H15NO2/c1-8-4-5-9-10(12(14)15-3)7-13(2)11(9)6-8/h4-6,10H,7H2,1-3H3. The van der Waals surface area contributed by atoms with E-state index in [1.54, 1.807) is 0 Å². The molecule has 0 amide bonds. The summed E-state index contributed by atoms with van der Waals surface area (Å²) in [7, 11) is 3.44. The van der Waals surface area contributed by atoms with E-state index in [0.29, 0.717) is 6.54 Å². The van der Waals surface area contributed by atoms with Gasteiger partial charge in [-0.05, 0) is 24.1 Å². The largest absolute Gasteiger partial charge is 0.468 e. The molecule has 0 bridgehead atoms. The molecule has 1 unspecified atom stereocenters. The summed E-state index contributed by atoms with van der Waals surface area (Å²) in [4.78, 5) is 13.7. The topological polar surface area (TPSA) is 29.5 Å². The van der Waals surface area contributed by atoms with Crippen molar-refractivity contribution in [2.75, 3.05) is 25.6 Å². The second-order valence-electron chi connectivity index (χ2n) is 4.02. The van der Waals surface area contributed by atoms with Crippen molar-refractivity contribution in [1.82, 2.24) is 0 Å². The van der Waals surface area contributed by atoms with E-state index in [1.807, 2.05) is 19.2 Å². The summed E-state index contributed by atoms with van der Waals surface area (Å²) >= 11 is 0. The molecule has 1 heterocycles. The fourth-order valence-electron chi connectivity index (χ4n) is 2.09. The van der Waals surface area contributed by atoms with Gasteiger partial charge in [0.1, 0.15) is 5.92 Å². The zero-order valence-electron chi connectivity index (χ0n) is 9.28. The molecule has 0 aliphatic carbocycles. The van der Waals surface area contributed by atoms with E-state index >= 15 is 0 Å². The number of methoxy groups -OCH3 is 1. The van der Waals surface area contributed by atoms with Crippen LogP contribution in [0.3, 0.4) is 0 Å². The highest BCUT2D eigenvalue weighted by atomic mass is 16.5. The third kappa shape index (κ3) is 1.58. The summed E-state index contributed by atoms with van der Waals surface area (Å²) in [5.74, 6) is -0.278. The van der Waals surface area contributed by atoms with E-state index in [2.05, 4.69) is 17.9 Å². The van der Waals surface area contributed by atoms with Crippen molar-refractivity contribution >= 4 is 11.7 Å². The van der Waals surface area contributed by atoms with Gasteiger partial charge in [-0.2, -0.15) is 0 Å². The zero-order chi connectivity index (χ0) is 11.0. The molecular weight excluding hydrogens is 190 g/mol. The number of carbonyl (C=O) groups excluding carboxylic acids is 1. The lowest BCUT2D eigenvalue weighted by Crippen LogP contribution is -2.21. The van der Waals surface area contributed by atoms with E-state index in [-0.39, 0.29) is 11.9 Å². The highest BCUT2D eigenvalue weighted by Gasteiger charge is 2.32. The minimum atomic E-state index is -0.149. The van der Waals surface area contributed by atoms with Gasteiger partial charge in [-0.15, -0.1) is 0 Å². The van der Waals surface area contributed by atoms with Crippen LogP contribution in [0.15, 0.2) is 18.2 Å². The third-order valence-electron chi connectivity index (χ3n) is 2.91. The molecule has 1 aliphatic heterocycles. The van der Waals surface area contributed by atoms with Crippen molar-refractivity contribution in [3.05, 3.63) is 29.3 Å². The van der Waals surface area contributed by atoms with E-state index in [9.17, 15) is 4.79 Å². The molecule has 1 aromatic carbocycles. The van der Waals surface area contributed by atoms with Gasteiger partial charge in [0.25, 0.3) is 0 Å². The van der Waals surface area contributed by atoms with Gasteiger partial charge in [-0.1, -0.05) is 12.1 Å². The van der Waals surface area contributed by atoms with Crippen LogP contribution in [0.25, 0.3) is 0 Å². The highest BCUT2D eigenvalue weighted by molar-refractivity contribution is 5.84. The maximum absolute atomic E-state index is 11.6. The number of ether oxygens (including phenoxy) is 1. The van der Waals surface area contributed by atoms with Gasteiger partial charge in [0.15, 0.2) is 0 Å². The molecule has 0 spiro atoms. The highest BCUT2D eigenvalue weighted by Crippen LogP contribution is 2.36. The van der Waals surface area contributed by atoms with Crippen molar-refractivity contribution in [3.8, 4) is 0 Å². The molecule has 1 aromatic rings. The number of carbonyl (C=O) groups is 1. The summed E-state index contributed by atoms with van der Waals surface area (Å²) in [6.07, 6.45) is 0. The molecule has 2 rings (SSSR count). The monoisotopic (exact) mass is 205 g/mol. The van der Waals surface area contributed by atoms with Crippen LogP contribution in [0.5, 0.6) is 0 Å². The maximum Gasteiger partial charge on any atom is 0.315 e. The Morgan fingerprint density at radius 3 is 2.93 bits per heavy atom. The van der Waals surface area contributed by atoms with Crippen LogP contribution < -0.4 is 4.90 Å². The molecule has 0 fully saturated rings. The minimum absolute atomic E-state index is 0.129. The lowest BCUT2D eigenvalue weighted by molar-refractivity contribution is -0.142. The number of hydrogen-bond donors (Lipinski definition) is 0. The van der Waals surface area contributed by atoms with Crippen LogP contribution in [0, 0.1) is 6.92 Å². The van der Waals surface area contributed by atoms with Crippen LogP contribution in [-0.4, -0.2) is 26.7 Å². The Bertz CT molecular complexity index is 401. The molecule has 3 heteroatoms. The van der Waals surface area contributed by atoms with Gasteiger partial charge < -0.3 is 9.64 Å². The maximum atomic E-state index is 11.6. The number of likely N-dealkylation sites (N-methyl/N-ethyl adjacent to an activating group) is 1. The van der Waals surface area contributed by atoms with Crippen LogP contribution in [0.2, 0.25) is 0 Å². The van der Waals surface area contributed by atoms with Gasteiger partial charge in [-0.25, -0.2) is 0 Å².